The van der Waals surface area contributed by atoms with Crippen LogP contribution in [0, 0.1) is 6.92 Å². The van der Waals surface area contributed by atoms with Crippen molar-refractivity contribution < 1.29 is 18.0 Å². The third-order valence-electron chi connectivity index (χ3n) is 6.11. The van der Waals surface area contributed by atoms with Crippen LogP contribution in [0.1, 0.15) is 65.9 Å². The number of hydrogen-bond donors (Lipinski definition) is 0. The molecule has 11 heteroatoms. The van der Waals surface area contributed by atoms with E-state index in [0.717, 1.165) is 29.6 Å². The summed E-state index contributed by atoms with van der Waals surface area (Å²) in [6, 6.07) is 2.34. The summed E-state index contributed by atoms with van der Waals surface area (Å²) in [6.07, 6.45) is -0.209. The molecule has 0 aromatic carbocycles. The van der Waals surface area contributed by atoms with Crippen LogP contribution in [0.4, 0.5) is 13.2 Å². The van der Waals surface area contributed by atoms with E-state index in [9.17, 15) is 18.0 Å². The molecule has 3 aromatic heterocycles. The molecule has 0 radical (unpaired) electrons. The first-order valence-corrected chi connectivity index (χ1v) is 11.3. The van der Waals surface area contributed by atoms with Crippen LogP contribution in [0.5, 0.6) is 0 Å². The number of pyridine rings is 1. The molecular formula is C23H24ClF3N6O. The summed E-state index contributed by atoms with van der Waals surface area (Å²) in [6.45, 7) is 5.60. The Hall–Kier alpha value is -3.01. The Balaban J connectivity index is 1.84. The molecular weight excluding hydrogens is 469 g/mol. The molecule has 0 spiro atoms. The third-order valence-corrected chi connectivity index (χ3v) is 6.49. The second-order valence-electron chi connectivity index (χ2n) is 8.38. The number of halogens is 4. The summed E-state index contributed by atoms with van der Waals surface area (Å²) in [4.78, 5) is 27.9. The molecule has 1 amide bonds. The van der Waals surface area contributed by atoms with Gasteiger partial charge < -0.3 is 4.90 Å². The lowest BCUT2D eigenvalue weighted by atomic mass is 9.88. The van der Waals surface area contributed by atoms with Crippen molar-refractivity contribution in [2.45, 2.75) is 58.3 Å². The maximum Gasteiger partial charge on any atom is 0.434 e. The van der Waals surface area contributed by atoms with Crippen LogP contribution in [0.3, 0.4) is 0 Å². The van der Waals surface area contributed by atoms with Crippen LogP contribution in [0.2, 0.25) is 5.02 Å². The fourth-order valence-electron chi connectivity index (χ4n) is 4.63. The van der Waals surface area contributed by atoms with Gasteiger partial charge in [-0.05, 0) is 38.8 Å². The molecule has 0 N–H and O–H groups in total. The predicted octanol–water partition coefficient (Wildman–Crippen LogP) is 5.18. The van der Waals surface area contributed by atoms with Crippen molar-refractivity contribution in [3.63, 3.8) is 0 Å². The van der Waals surface area contributed by atoms with Gasteiger partial charge in [-0.15, -0.1) is 0 Å². The lowest BCUT2D eigenvalue weighted by Gasteiger charge is -2.42. The fraction of sp³-hybridized carbons (Fsp3) is 0.435. The molecule has 1 aliphatic rings. The van der Waals surface area contributed by atoms with Gasteiger partial charge in [0.1, 0.15) is 5.82 Å². The summed E-state index contributed by atoms with van der Waals surface area (Å²) in [5.41, 5.74) is 1.68. The van der Waals surface area contributed by atoms with Gasteiger partial charge in [-0.3, -0.25) is 14.5 Å². The number of fused-ring (bicyclic) bond motifs is 1. The van der Waals surface area contributed by atoms with Crippen LogP contribution in [-0.2, 0) is 19.6 Å². The zero-order valence-electron chi connectivity index (χ0n) is 19.2. The summed E-state index contributed by atoms with van der Waals surface area (Å²) < 4.78 is 41.8. The Kier molecular flexibility index (Phi) is 6.37. The van der Waals surface area contributed by atoms with E-state index in [1.54, 1.807) is 22.7 Å². The number of carbonyl (C=O) groups is 1. The van der Waals surface area contributed by atoms with Crippen molar-refractivity contribution in [1.82, 2.24) is 29.6 Å². The molecule has 0 bridgehead atoms. The van der Waals surface area contributed by atoms with E-state index >= 15 is 0 Å². The minimum absolute atomic E-state index is 0.224. The van der Waals surface area contributed by atoms with Gasteiger partial charge in [0.05, 0.1) is 33.7 Å². The maximum absolute atomic E-state index is 13.6. The zero-order chi connectivity index (χ0) is 24.8. The number of hydrogen-bond acceptors (Lipinski definition) is 5. The van der Waals surface area contributed by atoms with E-state index < -0.39 is 28.8 Å². The minimum atomic E-state index is -4.77. The van der Waals surface area contributed by atoms with Gasteiger partial charge in [0, 0.05) is 31.0 Å². The Bertz CT molecular complexity index is 1240. The largest absolute Gasteiger partial charge is 0.434 e. The Morgan fingerprint density at radius 1 is 1.24 bits per heavy atom. The second-order valence-corrected chi connectivity index (χ2v) is 8.76. The standard InChI is InChI=1S/C23H24ClF3N6O/c1-5-6-14-11-16-19(30-13(3)31-20(16)17-8-10-29-32(17)4)12(2)33(14)22(34)15-7-9-28-21(18(15)24)23(25,26)27/h7-10,12,14H,5-6,11H2,1-4H3/t12-,14-/m1/s1. The highest BCUT2D eigenvalue weighted by molar-refractivity contribution is 6.34. The Morgan fingerprint density at radius 2 is 1.97 bits per heavy atom. The molecule has 0 unspecified atom stereocenters. The van der Waals surface area contributed by atoms with Gasteiger partial charge in [-0.1, -0.05) is 24.9 Å². The second kappa shape index (κ2) is 8.98. The first-order chi connectivity index (χ1) is 16.0. The SMILES string of the molecule is CCC[C@@H]1Cc2c(-c3ccnn3C)nc(C)nc2[C@@H](C)N1C(=O)c1ccnc(C(F)(F)F)c1Cl. The van der Waals surface area contributed by atoms with Crippen LogP contribution in [0.15, 0.2) is 24.5 Å². The highest BCUT2D eigenvalue weighted by Gasteiger charge is 2.41. The number of nitrogens with zero attached hydrogens (tertiary/aromatic N) is 6. The van der Waals surface area contributed by atoms with E-state index in [4.69, 9.17) is 11.6 Å². The highest BCUT2D eigenvalue weighted by Crippen LogP contribution is 2.40. The van der Waals surface area contributed by atoms with Crippen LogP contribution >= 0.6 is 11.6 Å². The fourth-order valence-corrected chi connectivity index (χ4v) is 4.93. The predicted molar refractivity (Wildman–Crippen MR) is 120 cm³/mol. The molecule has 180 valence electrons. The van der Waals surface area contributed by atoms with E-state index in [2.05, 4.69) is 20.1 Å². The summed E-state index contributed by atoms with van der Waals surface area (Å²) >= 11 is 6.05. The molecule has 0 fully saturated rings. The highest BCUT2D eigenvalue weighted by atomic mass is 35.5. The third kappa shape index (κ3) is 4.15. The van der Waals surface area contributed by atoms with Gasteiger partial charge in [-0.25, -0.2) is 9.97 Å². The minimum Gasteiger partial charge on any atom is -0.327 e. The zero-order valence-corrected chi connectivity index (χ0v) is 19.9. The number of rotatable bonds is 4. The monoisotopic (exact) mass is 492 g/mol. The van der Waals surface area contributed by atoms with E-state index in [1.807, 2.05) is 27.0 Å². The van der Waals surface area contributed by atoms with Crippen LogP contribution in [-0.4, -0.2) is 41.6 Å². The average Bonchev–Trinajstić information content (AvgIpc) is 3.19. The summed E-state index contributed by atoms with van der Waals surface area (Å²) in [5.74, 6) is -0.0442. The van der Waals surface area contributed by atoms with Gasteiger partial charge in [0.2, 0.25) is 0 Å². The number of amides is 1. The van der Waals surface area contributed by atoms with Gasteiger partial charge in [0.15, 0.2) is 5.69 Å². The van der Waals surface area contributed by atoms with Gasteiger partial charge >= 0.3 is 6.18 Å². The van der Waals surface area contributed by atoms with Gasteiger partial charge in [0.25, 0.3) is 5.91 Å². The van der Waals surface area contributed by atoms with Crippen molar-refractivity contribution in [3.05, 3.63) is 57.9 Å². The average molecular weight is 493 g/mol. The van der Waals surface area contributed by atoms with Crippen molar-refractivity contribution in [2.24, 2.45) is 7.05 Å². The molecule has 4 heterocycles. The molecule has 1 aliphatic heterocycles. The Morgan fingerprint density at radius 3 is 2.59 bits per heavy atom. The normalized spacial score (nSPS) is 18.2. The van der Waals surface area contributed by atoms with Crippen molar-refractivity contribution in [2.75, 3.05) is 0 Å². The smallest absolute Gasteiger partial charge is 0.327 e. The van der Waals surface area contributed by atoms with Crippen LogP contribution in [0.25, 0.3) is 11.4 Å². The lowest BCUT2D eigenvalue weighted by Crippen LogP contribution is -2.47. The molecule has 0 aliphatic carbocycles. The number of aromatic nitrogens is 5. The number of aryl methyl sites for hydroxylation is 2. The van der Waals surface area contributed by atoms with Crippen LogP contribution < -0.4 is 0 Å². The quantitative estimate of drug-likeness (QED) is 0.501. The molecule has 2 atom stereocenters. The van der Waals surface area contributed by atoms with E-state index in [1.165, 1.54) is 6.07 Å². The first kappa shape index (κ1) is 24.1. The Labute approximate surface area is 200 Å². The first-order valence-electron chi connectivity index (χ1n) is 10.9. The molecule has 4 rings (SSSR count). The molecule has 0 saturated heterocycles. The van der Waals surface area contributed by atoms with Crippen molar-refractivity contribution in [3.8, 4) is 11.4 Å². The molecule has 7 nitrogen and oxygen atoms in total. The van der Waals surface area contributed by atoms with Gasteiger partial charge in [-0.2, -0.15) is 18.3 Å². The maximum atomic E-state index is 13.6. The van der Waals surface area contributed by atoms with Crippen molar-refractivity contribution >= 4 is 17.5 Å². The number of alkyl halides is 3. The molecule has 34 heavy (non-hydrogen) atoms. The van der Waals surface area contributed by atoms with E-state index in [-0.39, 0.29) is 11.6 Å². The topological polar surface area (TPSA) is 76.8 Å². The number of carbonyl (C=O) groups excluding carboxylic acids is 1. The van der Waals surface area contributed by atoms with Crippen molar-refractivity contribution in [1.29, 1.82) is 0 Å². The van der Waals surface area contributed by atoms with E-state index in [0.29, 0.717) is 24.4 Å². The molecule has 0 saturated carbocycles. The summed E-state index contributed by atoms with van der Waals surface area (Å²) in [7, 11) is 1.83. The lowest BCUT2D eigenvalue weighted by molar-refractivity contribution is -0.141. The molecule has 3 aromatic rings. The summed E-state index contributed by atoms with van der Waals surface area (Å²) in [5, 5.41) is 3.55.